The molecule has 0 fully saturated rings. The molecule has 0 unspecified atom stereocenters. The van der Waals surface area contributed by atoms with E-state index in [1.807, 2.05) is 6.07 Å². The van der Waals surface area contributed by atoms with Crippen LogP contribution >= 0.6 is 22.9 Å². The normalized spacial score (nSPS) is 12.6. The maximum Gasteiger partial charge on any atom is 0.0931 e. The predicted octanol–water partition coefficient (Wildman–Crippen LogP) is 4.89. The largest absolute Gasteiger partial charge is 0.316 e. The number of hydrogen-bond acceptors (Lipinski definition) is 3. The minimum atomic E-state index is 0.366. The molecule has 0 radical (unpaired) electrons. The molecule has 1 heterocycles. The van der Waals surface area contributed by atoms with Crippen LogP contribution in [0.1, 0.15) is 45.4 Å². The molecule has 0 bridgehead atoms. The van der Waals surface area contributed by atoms with Crippen molar-refractivity contribution in [2.45, 2.75) is 47.1 Å². The molecule has 1 rings (SSSR count). The summed E-state index contributed by atoms with van der Waals surface area (Å²) in [5, 5.41) is 3.66. The maximum absolute atomic E-state index is 6.02. The molecule has 2 nitrogen and oxygen atoms in total. The smallest absolute Gasteiger partial charge is 0.0931 e. The summed E-state index contributed by atoms with van der Waals surface area (Å²) in [6, 6.07) is 4.13. The van der Waals surface area contributed by atoms with Gasteiger partial charge in [0.25, 0.3) is 0 Å². The quantitative estimate of drug-likeness (QED) is 0.657. The third-order valence-corrected chi connectivity index (χ3v) is 5.43. The van der Waals surface area contributed by atoms with Gasteiger partial charge in [0.05, 0.1) is 4.34 Å². The van der Waals surface area contributed by atoms with Gasteiger partial charge in [-0.05, 0) is 49.9 Å². The molecule has 0 aliphatic heterocycles. The lowest BCUT2D eigenvalue weighted by molar-refractivity contribution is 0.150. The zero-order valence-electron chi connectivity index (χ0n) is 14.2. The molecule has 1 N–H and O–H groups in total. The summed E-state index contributed by atoms with van der Waals surface area (Å²) in [6.45, 7) is 13.5. The fourth-order valence-electron chi connectivity index (χ4n) is 2.74. The Labute approximate surface area is 139 Å². The fourth-order valence-corrected chi connectivity index (χ4v) is 3.90. The highest BCUT2D eigenvalue weighted by molar-refractivity contribution is 7.16. The Morgan fingerprint density at radius 1 is 1.29 bits per heavy atom. The highest BCUT2D eigenvalue weighted by Crippen LogP contribution is 2.28. The van der Waals surface area contributed by atoms with E-state index in [1.54, 1.807) is 11.3 Å². The van der Waals surface area contributed by atoms with Crippen molar-refractivity contribution in [2.75, 3.05) is 26.7 Å². The summed E-state index contributed by atoms with van der Waals surface area (Å²) in [6.07, 6.45) is 2.42. The van der Waals surface area contributed by atoms with Crippen LogP contribution in [-0.4, -0.2) is 31.6 Å². The van der Waals surface area contributed by atoms with Gasteiger partial charge in [-0.2, -0.15) is 0 Å². The summed E-state index contributed by atoms with van der Waals surface area (Å²) in [7, 11) is 2.22. The molecule has 0 saturated heterocycles. The highest BCUT2D eigenvalue weighted by Gasteiger charge is 2.27. The fraction of sp³-hybridized carbons (Fsp3) is 0.765. The SMILES string of the molecule is CCC(CC)(CNCC(C)C)CN(C)Cc1ccc(Cl)s1. The maximum atomic E-state index is 6.02. The van der Waals surface area contributed by atoms with Crippen LogP contribution in [0.4, 0.5) is 0 Å². The molecule has 0 atom stereocenters. The molecule has 4 heteroatoms. The topological polar surface area (TPSA) is 15.3 Å². The van der Waals surface area contributed by atoms with E-state index < -0.39 is 0 Å². The third-order valence-electron chi connectivity index (χ3n) is 4.21. The Hall–Kier alpha value is -0.0900. The Bertz CT molecular complexity index is 399. The second-order valence-corrected chi connectivity index (χ2v) is 8.41. The van der Waals surface area contributed by atoms with E-state index in [0.29, 0.717) is 11.3 Å². The average molecular weight is 331 g/mol. The van der Waals surface area contributed by atoms with Crippen molar-refractivity contribution in [2.24, 2.45) is 11.3 Å². The van der Waals surface area contributed by atoms with Gasteiger partial charge < -0.3 is 10.2 Å². The first-order valence-electron chi connectivity index (χ1n) is 8.04. The van der Waals surface area contributed by atoms with Gasteiger partial charge in [0.15, 0.2) is 0 Å². The zero-order valence-corrected chi connectivity index (χ0v) is 15.8. The van der Waals surface area contributed by atoms with Crippen LogP contribution in [0.5, 0.6) is 0 Å². The monoisotopic (exact) mass is 330 g/mol. The summed E-state index contributed by atoms with van der Waals surface area (Å²) in [5.74, 6) is 0.711. The third kappa shape index (κ3) is 6.68. The van der Waals surface area contributed by atoms with Crippen LogP contribution in [0, 0.1) is 11.3 Å². The molecule has 0 aliphatic carbocycles. The molecular weight excluding hydrogens is 300 g/mol. The van der Waals surface area contributed by atoms with E-state index >= 15 is 0 Å². The lowest BCUT2D eigenvalue weighted by Crippen LogP contribution is -2.43. The number of hydrogen-bond donors (Lipinski definition) is 1. The van der Waals surface area contributed by atoms with Gasteiger partial charge in [0.1, 0.15) is 0 Å². The van der Waals surface area contributed by atoms with Crippen LogP contribution in [0.2, 0.25) is 4.34 Å². The van der Waals surface area contributed by atoms with Crippen molar-refractivity contribution in [3.8, 4) is 0 Å². The number of nitrogens with zero attached hydrogens (tertiary/aromatic N) is 1. The van der Waals surface area contributed by atoms with Crippen molar-refractivity contribution >= 4 is 22.9 Å². The van der Waals surface area contributed by atoms with Gasteiger partial charge in [-0.1, -0.05) is 39.3 Å². The molecular formula is C17H31ClN2S. The van der Waals surface area contributed by atoms with Crippen molar-refractivity contribution < 1.29 is 0 Å². The van der Waals surface area contributed by atoms with Crippen LogP contribution in [0.3, 0.4) is 0 Å². The Morgan fingerprint density at radius 2 is 1.95 bits per heavy atom. The molecule has 0 aromatic carbocycles. The van der Waals surface area contributed by atoms with Gasteiger partial charge in [-0.15, -0.1) is 11.3 Å². The van der Waals surface area contributed by atoms with E-state index in [4.69, 9.17) is 11.6 Å². The zero-order chi connectivity index (χ0) is 15.9. The van der Waals surface area contributed by atoms with E-state index in [0.717, 1.165) is 30.5 Å². The standard InChI is InChI=1S/C17H31ClN2S/c1-6-17(7-2,12-19-10-14(3)4)13-20(5)11-15-8-9-16(18)21-15/h8-9,14,19H,6-7,10-13H2,1-5H3. The van der Waals surface area contributed by atoms with Crippen molar-refractivity contribution in [1.29, 1.82) is 0 Å². The van der Waals surface area contributed by atoms with E-state index in [-0.39, 0.29) is 0 Å². The average Bonchev–Trinajstić information content (AvgIpc) is 2.82. The number of thiophene rings is 1. The van der Waals surface area contributed by atoms with Crippen LogP contribution in [-0.2, 0) is 6.54 Å². The van der Waals surface area contributed by atoms with Crippen LogP contribution < -0.4 is 5.32 Å². The molecule has 1 aromatic heterocycles. The minimum absolute atomic E-state index is 0.366. The summed E-state index contributed by atoms with van der Waals surface area (Å²) in [5.41, 5.74) is 0.366. The van der Waals surface area contributed by atoms with Gasteiger partial charge in [-0.25, -0.2) is 0 Å². The first-order valence-corrected chi connectivity index (χ1v) is 9.23. The molecule has 0 saturated carbocycles. The lowest BCUT2D eigenvalue weighted by atomic mass is 9.81. The van der Waals surface area contributed by atoms with Crippen molar-refractivity contribution in [3.63, 3.8) is 0 Å². The summed E-state index contributed by atoms with van der Waals surface area (Å²) >= 11 is 7.71. The molecule has 21 heavy (non-hydrogen) atoms. The number of halogens is 1. The first kappa shape index (κ1) is 19.0. The second-order valence-electron chi connectivity index (χ2n) is 6.61. The van der Waals surface area contributed by atoms with E-state index in [9.17, 15) is 0 Å². The van der Waals surface area contributed by atoms with Crippen molar-refractivity contribution in [1.82, 2.24) is 10.2 Å². The molecule has 1 aromatic rings. The molecule has 122 valence electrons. The van der Waals surface area contributed by atoms with Gasteiger partial charge in [0.2, 0.25) is 0 Å². The van der Waals surface area contributed by atoms with Gasteiger partial charge in [-0.3, -0.25) is 0 Å². The summed E-state index contributed by atoms with van der Waals surface area (Å²) in [4.78, 5) is 3.78. The summed E-state index contributed by atoms with van der Waals surface area (Å²) < 4.78 is 0.884. The molecule has 0 amide bonds. The van der Waals surface area contributed by atoms with Gasteiger partial charge >= 0.3 is 0 Å². The van der Waals surface area contributed by atoms with E-state index in [1.165, 1.54) is 17.7 Å². The number of nitrogens with one attached hydrogen (secondary N) is 1. The van der Waals surface area contributed by atoms with Gasteiger partial charge in [0, 0.05) is 24.5 Å². The van der Waals surface area contributed by atoms with Crippen LogP contribution in [0.25, 0.3) is 0 Å². The molecule has 0 aliphatic rings. The number of rotatable bonds is 10. The predicted molar refractivity (Wildman–Crippen MR) is 96.4 cm³/mol. The van der Waals surface area contributed by atoms with E-state index in [2.05, 4.69) is 51.0 Å². The lowest BCUT2D eigenvalue weighted by Gasteiger charge is -2.36. The molecule has 0 spiro atoms. The Balaban J connectivity index is 2.54. The first-order chi connectivity index (χ1) is 9.90. The Kier molecular flexibility index (Phi) is 8.25. The minimum Gasteiger partial charge on any atom is -0.316 e. The second kappa shape index (κ2) is 9.14. The van der Waals surface area contributed by atoms with Crippen molar-refractivity contribution in [3.05, 3.63) is 21.3 Å². The van der Waals surface area contributed by atoms with Crippen LogP contribution in [0.15, 0.2) is 12.1 Å². The Morgan fingerprint density at radius 3 is 2.43 bits per heavy atom. The highest BCUT2D eigenvalue weighted by atomic mass is 35.5.